The van der Waals surface area contributed by atoms with E-state index in [0.717, 1.165) is 17.5 Å². The minimum absolute atomic E-state index is 0.0679. The Morgan fingerprint density at radius 3 is 2.15 bits per heavy atom. The van der Waals surface area contributed by atoms with Crippen LogP contribution in [0.25, 0.3) is 0 Å². The molecule has 0 bridgehead atoms. The fraction of sp³-hybridized carbons (Fsp3) is 0.111. The average Bonchev–Trinajstić information content (AvgIpc) is 2.84. The lowest BCUT2D eigenvalue weighted by Gasteiger charge is -2.12. The van der Waals surface area contributed by atoms with E-state index >= 15 is 0 Å². The zero-order chi connectivity index (χ0) is 24.4. The van der Waals surface area contributed by atoms with E-state index in [0.29, 0.717) is 12.0 Å². The summed E-state index contributed by atoms with van der Waals surface area (Å²) < 4.78 is 27.4. The highest BCUT2D eigenvalue weighted by molar-refractivity contribution is 7.90. The standard InChI is InChI=1S/C27H24N2O4S/c1-2-3-5-14-26(30)29-34(32,33)25-13-9-8-12-24(25)28-27(31)23-19-17-22(18-20-23)16-15-21-10-6-4-7-11-21/h4-14,17-20H,2-3H2,1H3,(H,28,31)(H,29,30). The Balaban J connectivity index is 1.73. The highest BCUT2D eigenvalue weighted by atomic mass is 32.2. The molecule has 0 spiro atoms. The molecule has 0 heterocycles. The molecular weight excluding hydrogens is 448 g/mol. The first kappa shape index (κ1) is 24.5. The molecule has 3 rings (SSSR count). The fourth-order valence-corrected chi connectivity index (χ4v) is 4.06. The van der Waals surface area contributed by atoms with Crippen molar-refractivity contribution >= 4 is 27.5 Å². The molecule has 0 fully saturated rings. The fourth-order valence-electron chi connectivity index (χ4n) is 2.95. The van der Waals surface area contributed by atoms with Gasteiger partial charge in [0.05, 0.1) is 5.69 Å². The van der Waals surface area contributed by atoms with Gasteiger partial charge in [0, 0.05) is 16.7 Å². The summed E-state index contributed by atoms with van der Waals surface area (Å²) in [4.78, 5) is 24.5. The first-order chi connectivity index (χ1) is 16.4. The quantitative estimate of drug-likeness (QED) is 0.391. The van der Waals surface area contributed by atoms with Gasteiger partial charge in [-0.3, -0.25) is 9.59 Å². The van der Waals surface area contributed by atoms with Crippen molar-refractivity contribution in [1.82, 2.24) is 4.72 Å². The van der Waals surface area contributed by atoms with Crippen molar-refractivity contribution in [3.8, 4) is 11.8 Å². The molecule has 0 unspecified atom stereocenters. The van der Waals surface area contributed by atoms with Crippen LogP contribution in [0.5, 0.6) is 0 Å². The van der Waals surface area contributed by atoms with Crippen molar-refractivity contribution in [3.63, 3.8) is 0 Å². The van der Waals surface area contributed by atoms with Crippen LogP contribution < -0.4 is 10.0 Å². The second-order valence-electron chi connectivity index (χ2n) is 7.30. The maximum atomic E-state index is 12.7. The molecule has 0 radical (unpaired) electrons. The smallest absolute Gasteiger partial charge is 0.266 e. The number of hydrogen-bond acceptors (Lipinski definition) is 4. The molecule has 7 heteroatoms. The Bertz CT molecular complexity index is 1350. The molecule has 0 atom stereocenters. The molecular formula is C27H24N2O4S. The summed E-state index contributed by atoms with van der Waals surface area (Å²) >= 11 is 0. The number of amides is 2. The van der Waals surface area contributed by atoms with Gasteiger partial charge < -0.3 is 5.32 Å². The summed E-state index contributed by atoms with van der Waals surface area (Å²) in [5.74, 6) is 4.85. The predicted molar refractivity (Wildman–Crippen MR) is 133 cm³/mol. The molecule has 0 aromatic heterocycles. The molecule has 6 nitrogen and oxygen atoms in total. The van der Waals surface area contributed by atoms with Gasteiger partial charge in [0.15, 0.2) is 0 Å². The van der Waals surface area contributed by atoms with Gasteiger partial charge in [-0.15, -0.1) is 0 Å². The lowest BCUT2D eigenvalue weighted by molar-refractivity contribution is -0.114. The van der Waals surface area contributed by atoms with E-state index in [1.54, 1.807) is 36.4 Å². The number of carbonyl (C=O) groups is 2. The normalized spacial score (nSPS) is 10.9. The molecule has 0 saturated heterocycles. The Morgan fingerprint density at radius 2 is 1.47 bits per heavy atom. The second-order valence-corrected chi connectivity index (χ2v) is 8.96. The number of rotatable bonds is 7. The maximum absolute atomic E-state index is 12.7. The van der Waals surface area contributed by atoms with Gasteiger partial charge in [0.2, 0.25) is 0 Å². The minimum atomic E-state index is -4.18. The highest BCUT2D eigenvalue weighted by Gasteiger charge is 2.21. The second kappa shape index (κ2) is 11.6. The Hall–Kier alpha value is -4.15. The Kier molecular flexibility index (Phi) is 8.38. The van der Waals surface area contributed by atoms with E-state index < -0.39 is 21.8 Å². The highest BCUT2D eigenvalue weighted by Crippen LogP contribution is 2.21. The zero-order valence-corrected chi connectivity index (χ0v) is 19.4. The first-order valence-corrected chi connectivity index (χ1v) is 12.2. The van der Waals surface area contributed by atoms with E-state index in [4.69, 9.17) is 0 Å². The summed E-state index contributed by atoms with van der Waals surface area (Å²) in [6.07, 6.45) is 4.29. The molecule has 0 aliphatic carbocycles. The molecule has 0 aliphatic rings. The van der Waals surface area contributed by atoms with Gasteiger partial charge in [-0.25, -0.2) is 13.1 Å². The van der Waals surface area contributed by atoms with Crippen LogP contribution in [0.15, 0.2) is 95.9 Å². The number of carbonyl (C=O) groups excluding carboxylic acids is 2. The number of anilines is 1. The Morgan fingerprint density at radius 1 is 0.853 bits per heavy atom. The number of para-hydroxylation sites is 1. The SMILES string of the molecule is CCCC=CC(=O)NS(=O)(=O)c1ccccc1NC(=O)c1ccc(C#Cc2ccccc2)cc1. The summed E-state index contributed by atoms with van der Waals surface area (Å²) in [5, 5.41) is 2.61. The zero-order valence-electron chi connectivity index (χ0n) is 18.6. The summed E-state index contributed by atoms with van der Waals surface area (Å²) in [7, 11) is -4.18. The van der Waals surface area contributed by atoms with Gasteiger partial charge in [-0.05, 0) is 61.0 Å². The van der Waals surface area contributed by atoms with Crippen molar-refractivity contribution in [1.29, 1.82) is 0 Å². The van der Waals surface area contributed by atoms with E-state index in [-0.39, 0.29) is 10.6 Å². The number of benzene rings is 3. The molecule has 3 aromatic carbocycles. The number of unbranched alkanes of at least 4 members (excludes halogenated alkanes) is 1. The van der Waals surface area contributed by atoms with Crippen LogP contribution in [0.3, 0.4) is 0 Å². The third kappa shape index (κ3) is 6.92. The van der Waals surface area contributed by atoms with Gasteiger partial charge in [-0.2, -0.15) is 0 Å². The first-order valence-electron chi connectivity index (χ1n) is 10.7. The number of nitrogens with one attached hydrogen (secondary N) is 2. The lowest BCUT2D eigenvalue weighted by atomic mass is 10.1. The average molecular weight is 473 g/mol. The summed E-state index contributed by atoms with van der Waals surface area (Å²) in [6.45, 7) is 1.95. The molecule has 2 amide bonds. The van der Waals surface area contributed by atoms with Crippen molar-refractivity contribution in [2.75, 3.05) is 5.32 Å². The van der Waals surface area contributed by atoms with E-state index in [1.165, 1.54) is 24.3 Å². The van der Waals surface area contributed by atoms with Crippen LogP contribution >= 0.6 is 0 Å². The van der Waals surface area contributed by atoms with E-state index in [1.807, 2.05) is 42.0 Å². The van der Waals surface area contributed by atoms with E-state index in [9.17, 15) is 18.0 Å². The van der Waals surface area contributed by atoms with Crippen molar-refractivity contribution < 1.29 is 18.0 Å². The van der Waals surface area contributed by atoms with Crippen LogP contribution in [0.2, 0.25) is 0 Å². The van der Waals surface area contributed by atoms with Crippen molar-refractivity contribution in [2.45, 2.75) is 24.7 Å². The molecule has 172 valence electrons. The van der Waals surface area contributed by atoms with E-state index in [2.05, 4.69) is 17.2 Å². The molecule has 34 heavy (non-hydrogen) atoms. The van der Waals surface area contributed by atoms with Crippen molar-refractivity contribution in [2.24, 2.45) is 0 Å². The summed E-state index contributed by atoms with van der Waals surface area (Å²) in [6, 6.07) is 22.1. The predicted octanol–water partition coefficient (Wildman–Crippen LogP) is 4.50. The van der Waals surface area contributed by atoms with Gasteiger partial charge in [0.1, 0.15) is 4.90 Å². The molecule has 2 N–H and O–H groups in total. The largest absolute Gasteiger partial charge is 0.321 e. The van der Waals surface area contributed by atoms with Crippen LogP contribution in [0.1, 0.15) is 41.3 Å². The van der Waals surface area contributed by atoms with Crippen LogP contribution in [0, 0.1) is 11.8 Å². The van der Waals surface area contributed by atoms with Crippen molar-refractivity contribution in [3.05, 3.63) is 108 Å². The molecule has 0 saturated carbocycles. The molecule has 3 aromatic rings. The Labute approximate surface area is 199 Å². The lowest BCUT2D eigenvalue weighted by Crippen LogP contribution is -2.30. The third-order valence-electron chi connectivity index (χ3n) is 4.66. The summed E-state index contributed by atoms with van der Waals surface area (Å²) in [5.41, 5.74) is 2.03. The molecule has 0 aliphatic heterocycles. The third-order valence-corrected chi connectivity index (χ3v) is 6.06. The maximum Gasteiger partial charge on any atom is 0.266 e. The number of hydrogen-bond donors (Lipinski definition) is 2. The monoisotopic (exact) mass is 472 g/mol. The minimum Gasteiger partial charge on any atom is -0.321 e. The van der Waals surface area contributed by atoms with Crippen LogP contribution in [0.4, 0.5) is 5.69 Å². The topological polar surface area (TPSA) is 92.3 Å². The van der Waals surface area contributed by atoms with Crippen LogP contribution in [-0.4, -0.2) is 20.2 Å². The van der Waals surface area contributed by atoms with Gasteiger partial charge in [0.25, 0.3) is 21.8 Å². The van der Waals surface area contributed by atoms with Crippen LogP contribution in [-0.2, 0) is 14.8 Å². The van der Waals surface area contributed by atoms with Gasteiger partial charge >= 0.3 is 0 Å². The number of allylic oxidation sites excluding steroid dienone is 1. The number of sulfonamides is 1. The van der Waals surface area contributed by atoms with Gasteiger partial charge in [-0.1, -0.05) is 61.6 Å².